The molecule has 0 spiro atoms. The van der Waals surface area contributed by atoms with Gasteiger partial charge in [0.15, 0.2) is 0 Å². The van der Waals surface area contributed by atoms with E-state index in [9.17, 15) is 0 Å². The van der Waals surface area contributed by atoms with Gasteiger partial charge in [-0.1, -0.05) is 266 Å². The number of benzene rings is 1. The molecule has 0 heterocycles. The molecule has 0 aliphatic rings. The standard InChI is InChI=1S/C7H8.5C7H16/c1-7-5-3-2-4-6-7;5*1-3-5-7-6-4-2/h2-6H,1H3;5*3-7H2,1-2H3. The van der Waals surface area contributed by atoms with Crippen LogP contribution in [0.5, 0.6) is 0 Å². The lowest BCUT2D eigenvalue weighted by Gasteiger charge is -1.90. The van der Waals surface area contributed by atoms with Crippen LogP contribution in [0.1, 0.15) is 235 Å². The summed E-state index contributed by atoms with van der Waals surface area (Å²) >= 11 is 0. The lowest BCUT2D eigenvalue weighted by atomic mass is 10.2. The zero-order valence-corrected chi connectivity index (χ0v) is 32.1. The van der Waals surface area contributed by atoms with E-state index in [2.05, 4.69) is 88.3 Å². The fraction of sp³-hybridized carbons (Fsp3) is 0.857. The Morgan fingerprint density at radius 1 is 0.262 bits per heavy atom. The molecular formula is C42H88. The zero-order chi connectivity index (χ0) is 32.8. The highest BCUT2D eigenvalue weighted by Crippen LogP contribution is 2.02. The molecule has 42 heavy (non-hydrogen) atoms. The molecule has 0 aromatic heterocycles. The molecule has 1 aromatic rings. The summed E-state index contributed by atoms with van der Waals surface area (Å²) < 4.78 is 0. The van der Waals surface area contributed by atoms with Gasteiger partial charge in [-0.05, 0) is 6.92 Å². The summed E-state index contributed by atoms with van der Waals surface area (Å²) in [7, 11) is 0. The topological polar surface area (TPSA) is 0 Å². The van der Waals surface area contributed by atoms with Crippen molar-refractivity contribution in [2.75, 3.05) is 0 Å². The number of hydrogen-bond acceptors (Lipinski definition) is 0. The number of unbranched alkanes of at least 4 members (excludes halogenated alkanes) is 20. The van der Waals surface area contributed by atoms with Crippen molar-refractivity contribution in [1.29, 1.82) is 0 Å². The van der Waals surface area contributed by atoms with Gasteiger partial charge in [0.05, 0.1) is 0 Å². The molecule has 0 aliphatic heterocycles. The molecule has 0 atom stereocenters. The van der Waals surface area contributed by atoms with Crippen molar-refractivity contribution in [3.8, 4) is 0 Å². The third-order valence-corrected chi connectivity index (χ3v) is 6.98. The van der Waals surface area contributed by atoms with E-state index in [4.69, 9.17) is 0 Å². The minimum Gasteiger partial charge on any atom is -0.0654 e. The third kappa shape index (κ3) is 77.3. The number of rotatable bonds is 20. The Bertz CT molecular complexity index is 370. The first-order valence-corrected chi connectivity index (χ1v) is 19.5. The Labute approximate surface area is 272 Å². The highest BCUT2D eigenvalue weighted by atomic mass is 13.9. The van der Waals surface area contributed by atoms with Crippen LogP contribution in [0.4, 0.5) is 0 Å². The molecule has 0 bridgehead atoms. The van der Waals surface area contributed by atoms with E-state index in [1.165, 1.54) is 166 Å². The molecular weight excluding hydrogens is 504 g/mol. The number of aryl methyl sites for hydroxylation is 1. The Kier molecular flexibility index (Phi) is 72.1. The lowest BCUT2D eigenvalue weighted by molar-refractivity contribution is 0.656. The second-order valence-corrected chi connectivity index (χ2v) is 12.0. The van der Waals surface area contributed by atoms with Crippen LogP contribution in [0.2, 0.25) is 0 Å². The molecule has 0 saturated carbocycles. The molecule has 256 valence electrons. The van der Waals surface area contributed by atoms with Gasteiger partial charge in [0.2, 0.25) is 0 Å². The maximum Gasteiger partial charge on any atom is -0.0398 e. The predicted molar refractivity (Wildman–Crippen MR) is 203 cm³/mol. The van der Waals surface area contributed by atoms with Crippen LogP contribution in [0.15, 0.2) is 30.3 Å². The van der Waals surface area contributed by atoms with Gasteiger partial charge in [-0.3, -0.25) is 0 Å². The second-order valence-electron chi connectivity index (χ2n) is 12.0. The van der Waals surface area contributed by atoms with Crippen LogP contribution >= 0.6 is 0 Å². The summed E-state index contributed by atoms with van der Waals surface area (Å²) in [5, 5.41) is 0. The van der Waals surface area contributed by atoms with E-state index in [0.29, 0.717) is 0 Å². The van der Waals surface area contributed by atoms with E-state index in [1.807, 2.05) is 18.2 Å². The van der Waals surface area contributed by atoms with Crippen molar-refractivity contribution in [3.05, 3.63) is 35.9 Å². The molecule has 0 radical (unpaired) electrons. The minimum absolute atomic E-state index is 1.32. The molecule has 0 aliphatic carbocycles. The Hall–Kier alpha value is -0.780. The lowest BCUT2D eigenvalue weighted by Crippen LogP contribution is -1.70. The van der Waals surface area contributed by atoms with Crippen LogP contribution < -0.4 is 0 Å². The highest BCUT2D eigenvalue weighted by molar-refractivity contribution is 5.11. The quantitative estimate of drug-likeness (QED) is 0.132. The fourth-order valence-corrected chi connectivity index (χ4v) is 3.92. The third-order valence-electron chi connectivity index (χ3n) is 6.98. The first-order valence-electron chi connectivity index (χ1n) is 19.5. The average Bonchev–Trinajstić information content (AvgIpc) is 3.01. The summed E-state index contributed by atoms with van der Waals surface area (Å²) in [5.74, 6) is 0. The summed E-state index contributed by atoms with van der Waals surface area (Å²) in [5.41, 5.74) is 1.32. The minimum atomic E-state index is 1.32. The van der Waals surface area contributed by atoms with Crippen molar-refractivity contribution < 1.29 is 0 Å². The van der Waals surface area contributed by atoms with Crippen LogP contribution in [0.3, 0.4) is 0 Å². The van der Waals surface area contributed by atoms with Gasteiger partial charge in [0.1, 0.15) is 0 Å². The van der Waals surface area contributed by atoms with Crippen LogP contribution in [0, 0.1) is 6.92 Å². The van der Waals surface area contributed by atoms with E-state index in [0.717, 1.165) is 0 Å². The summed E-state index contributed by atoms with van der Waals surface area (Å²) in [6, 6.07) is 10.3. The predicted octanol–water partition coefficient (Wildman–Crippen LogP) is 16.9. The molecule has 1 rings (SSSR count). The largest absolute Gasteiger partial charge is 0.0654 e. The van der Waals surface area contributed by atoms with Gasteiger partial charge in [0, 0.05) is 0 Å². The van der Waals surface area contributed by atoms with Gasteiger partial charge >= 0.3 is 0 Å². The summed E-state index contributed by atoms with van der Waals surface area (Å²) in [4.78, 5) is 0. The fourth-order valence-electron chi connectivity index (χ4n) is 3.92. The SMILES string of the molecule is CCCCCCC.CCCCCCC.CCCCCCC.CCCCCCC.CCCCCCC.Cc1ccccc1. The van der Waals surface area contributed by atoms with Gasteiger partial charge in [0.25, 0.3) is 0 Å². The molecule has 0 amide bonds. The van der Waals surface area contributed by atoms with Gasteiger partial charge < -0.3 is 0 Å². The van der Waals surface area contributed by atoms with E-state index in [-0.39, 0.29) is 0 Å². The molecule has 0 unspecified atom stereocenters. The molecule has 1 aromatic carbocycles. The maximum atomic E-state index is 2.25. The van der Waals surface area contributed by atoms with Crippen molar-refractivity contribution in [1.82, 2.24) is 0 Å². The van der Waals surface area contributed by atoms with Crippen molar-refractivity contribution in [2.45, 2.75) is 237 Å². The van der Waals surface area contributed by atoms with E-state index < -0.39 is 0 Å². The van der Waals surface area contributed by atoms with Gasteiger partial charge in [-0.2, -0.15) is 0 Å². The second kappa shape index (κ2) is 59.6. The van der Waals surface area contributed by atoms with Crippen molar-refractivity contribution in [2.24, 2.45) is 0 Å². The zero-order valence-electron chi connectivity index (χ0n) is 32.1. The van der Waals surface area contributed by atoms with Gasteiger partial charge in [-0.25, -0.2) is 0 Å². The van der Waals surface area contributed by atoms with Crippen LogP contribution in [0.25, 0.3) is 0 Å². The summed E-state index contributed by atoms with van der Waals surface area (Å²) in [6.45, 7) is 24.5. The smallest absolute Gasteiger partial charge is 0.0398 e. The van der Waals surface area contributed by atoms with Crippen LogP contribution in [-0.2, 0) is 0 Å². The molecule has 0 nitrogen and oxygen atoms in total. The first-order chi connectivity index (χ1) is 20.5. The Morgan fingerprint density at radius 3 is 0.524 bits per heavy atom. The Morgan fingerprint density at radius 2 is 0.429 bits per heavy atom. The maximum absolute atomic E-state index is 2.25. The Balaban J connectivity index is -0.000000130. The molecule has 0 fully saturated rings. The van der Waals surface area contributed by atoms with Crippen LogP contribution in [-0.4, -0.2) is 0 Å². The molecule has 0 heteroatoms. The van der Waals surface area contributed by atoms with Gasteiger partial charge in [-0.15, -0.1) is 0 Å². The summed E-state index contributed by atoms with van der Waals surface area (Å²) in [6.07, 6.45) is 35.0. The average molecular weight is 593 g/mol. The number of hydrogen-bond donors (Lipinski definition) is 0. The molecule has 0 saturated heterocycles. The van der Waals surface area contributed by atoms with Crippen molar-refractivity contribution >= 4 is 0 Å². The van der Waals surface area contributed by atoms with E-state index in [1.54, 1.807) is 0 Å². The van der Waals surface area contributed by atoms with Crippen molar-refractivity contribution in [3.63, 3.8) is 0 Å². The normalized spacial score (nSPS) is 9.31. The monoisotopic (exact) mass is 593 g/mol. The highest BCUT2D eigenvalue weighted by Gasteiger charge is 1.82. The first kappa shape index (κ1) is 50.8. The van der Waals surface area contributed by atoms with E-state index >= 15 is 0 Å². The molecule has 0 N–H and O–H groups in total.